The maximum atomic E-state index is 13.1. The molecule has 1 aromatic carbocycles. The Morgan fingerprint density at radius 1 is 1.36 bits per heavy atom. The fourth-order valence-electron chi connectivity index (χ4n) is 1.75. The number of halogens is 1. The Labute approximate surface area is 131 Å². The van der Waals surface area contributed by atoms with Crippen LogP contribution in [-0.4, -0.2) is 31.1 Å². The zero-order valence-corrected chi connectivity index (χ0v) is 13.4. The van der Waals surface area contributed by atoms with Crippen molar-refractivity contribution in [1.29, 1.82) is 0 Å². The van der Waals surface area contributed by atoms with E-state index in [4.69, 9.17) is 4.74 Å². The summed E-state index contributed by atoms with van der Waals surface area (Å²) in [5.41, 5.74) is 0.788. The smallest absolute Gasteiger partial charge is 0.307 e. The molecule has 0 aliphatic carbocycles. The van der Waals surface area contributed by atoms with E-state index in [-0.39, 0.29) is 24.3 Å². The second-order valence-corrected chi connectivity index (χ2v) is 5.04. The number of hydrogen-bond donors (Lipinski definition) is 2. The summed E-state index contributed by atoms with van der Waals surface area (Å²) >= 11 is 0. The minimum absolute atomic E-state index is 0.109. The number of ether oxygens (including phenoxy) is 1. The molecule has 0 aromatic heterocycles. The molecular formula is C16H24FN3O2. The molecule has 0 saturated carbocycles. The summed E-state index contributed by atoms with van der Waals surface area (Å²) in [5, 5.41) is 6.13. The number of esters is 1. The molecule has 6 heteroatoms. The molecule has 5 nitrogen and oxygen atoms in total. The molecule has 0 radical (unpaired) electrons. The van der Waals surface area contributed by atoms with Crippen molar-refractivity contribution in [3.05, 3.63) is 35.6 Å². The Morgan fingerprint density at radius 3 is 2.77 bits per heavy atom. The lowest BCUT2D eigenvalue weighted by Crippen LogP contribution is -2.38. The second-order valence-electron chi connectivity index (χ2n) is 5.04. The van der Waals surface area contributed by atoms with Crippen LogP contribution in [0.1, 0.15) is 32.8 Å². The van der Waals surface area contributed by atoms with Gasteiger partial charge in [0, 0.05) is 13.1 Å². The number of hydrogen-bond acceptors (Lipinski definition) is 3. The number of carbonyl (C=O) groups is 1. The molecule has 0 aliphatic rings. The highest BCUT2D eigenvalue weighted by atomic mass is 19.1. The molecular weight excluding hydrogens is 285 g/mol. The second kappa shape index (κ2) is 9.76. The van der Waals surface area contributed by atoms with Gasteiger partial charge in [0.05, 0.1) is 19.1 Å². The summed E-state index contributed by atoms with van der Waals surface area (Å²) in [5.74, 6) is 0.0645. The van der Waals surface area contributed by atoms with Crippen molar-refractivity contribution >= 4 is 11.9 Å². The fourth-order valence-corrected chi connectivity index (χ4v) is 1.75. The molecule has 1 rings (SSSR count). The van der Waals surface area contributed by atoms with E-state index in [0.29, 0.717) is 25.6 Å². The highest BCUT2D eigenvalue weighted by molar-refractivity contribution is 5.80. The third-order valence-corrected chi connectivity index (χ3v) is 2.64. The minimum atomic E-state index is -0.276. The Kier molecular flexibility index (Phi) is 7.96. The van der Waals surface area contributed by atoms with Gasteiger partial charge < -0.3 is 15.4 Å². The molecule has 0 unspecified atom stereocenters. The van der Waals surface area contributed by atoms with Crippen LogP contribution in [0.15, 0.2) is 29.3 Å². The highest BCUT2D eigenvalue weighted by Crippen LogP contribution is 2.04. The van der Waals surface area contributed by atoms with Gasteiger partial charge in [-0.3, -0.25) is 4.79 Å². The third kappa shape index (κ3) is 7.61. The number of aliphatic imine (C=N–C) groups is 1. The van der Waals surface area contributed by atoms with Crippen LogP contribution in [0.4, 0.5) is 4.39 Å². The van der Waals surface area contributed by atoms with E-state index in [9.17, 15) is 9.18 Å². The number of carbonyl (C=O) groups excluding carboxylic acids is 1. The monoisotopic (exact) mass is 309 g/mol. The standard InChI is InChI=1S/C16H24FN3O2/c1-4-18-16(19-9-8-15(21)22-12(2)3)20-11-13-6-5-7-14(17)10-13/h5-7,10,12H,4,8-9,11H2,1-3H3,(H2,18,19,20). The SMILES string of the molecule is CCNC(=NCc1cccc(F)c1)NCCC(=O)OC(C)C. The van der Waals surface area contributed by atoms with Crippen LogP contribution in [0.3, 0.4) is 0 Å². The number of nitrogens with zero attached hydrogens (tertiary/aromatic N) is 1. The predicted octanol–water partition coefficient (Wildman–Crippen LogP) is 2.22. The average Bonchev–Trinajstić information content (AvgIpc) is 2.44. The predicted molar refractivity (Wildman–Crippen MR) is 85.1 cm³/mol. The van der Waals surface area contributed by atoms with Crippen LogP contribution >= 0.6 is 0 Å². The van der Waals surface area contributed by atoms with Gasteiger partial charge in [0.2, 0.25) is 0 Å². The first-order valence-electron chi connectivity index (χ1n) is 7.47. The van der Waals surface area contributed by atoms with Crippen LogP contribution in [0.2, 0.25) is 0 Å². The lowest BCUT2D eigenvalue weighted by atomic mass is 10.2. The van der Waals surface area contributed by atoms with Crippen molar-refractivity contribution in [2.24, 2.45) is 4.99 Å². The minimum Gasteiger partial charge on any atom is -0.463 e. The van der Waals surface area contributed by atoms with Gasteiger partial charge in [-0.05, 0) is 38.5 Å². The van der Waals surface area contributed by atoms with Gasteiger partial charge in [0.25, 0.3) is 0 Å². The maximum Gasteiger partial charge on any atom is 0.307 e. The maximum absolute atomic E-state index is 13.1. The highest BCUT2D eigenvalue weighted by Gasteiger charge is 2.05. The van der Waals surface area contributed by atoms with E-state index < -0.39 is 0 Å². The molecule has 22 heavy (non-hydrogen) atoms. The molecule has 0 atom stereocenters. The Bertz CT molecular complexity index is 504. The Morgan fingerprint density at radius 2 is 2.14 bits per heavy atom. The number of benzene rings is 1. The van der Waals surface area contributed by atoms with Crippen LogP contribution in [0.25, 0.3) is 0 Å². The lowest BCUT2D eigenvalue weighted by Gasteiger charge is -2.12. The summed E-state index contributed by atoms with van der Waals surface area (Å²) in [7, 11) is 0. The van der Waals surface area contributed by atoms with E-state index in [1.165, 1.54) is 12.1 Å². The number of guanidine groups is 1. The third-order valence-electron chi connectivity index (χ3n) is 2.64. The molecule has 122 valence electrons. The van der Waals surface area contributed by atoms with E-state index in [2.05, 4.69) is 15.6 Å². The largest absolute Gasteiger partial charge is 0.463 e. The van der Waals surface area contributed by atoms with Crippen molar-refractivity contribution in [3.8, 4) is 0 Å². The summed E-state index contributed by atoms with van der Waals surface area (Å²) in [4.78, 5) is 15.8. The Balaban J connectivity index is 2.47. The van der Waals surface area contributed by atoms with E-state index in [1.807, 2.05) is 26.8 Å². The van der Waals surface area contributed by atoms with E-state index in [1.54, 1.807) is 6.07 Å². The van der Waals surface area contributed by atoms with Gasteiger partial charge in [-0.2, -0.15) is 0 Å². The van der Waals surface area contributed by atoms with Crippen molar-refractivity contribution < 1.29 is 13.9 Å². The fraction of sp³-hybridized carbons (Fsp3) is 0.500. The first kappa shape index (κ1) is 17.9. The van der Waals surface area contributed by atoms with E-state index >= 15 is 0 Å². The molecule has 0 fully saturated rings. The van der Waals surface area contributed by atoms with E-state index in [0.717, 1.165) is 5.56 Å². The van der Waals surface area contributed by atoms with Crippen molar-refractivity contribution in [2.75, 3.05) is 13.1 Å². The van der Waals surface area contributed by atoms with Gasteiger partial charge >= 0.3 is 5.97 Å². The van der Waals surface area contributed by atoms with Crippen LogP contribution in [0, 0.1) is 5.82 Å². The molecule has 0 saturated heterocycles. The molecule has 0 spiro atoms. The average molecular weight is 309 g/mol. The van der Waals surface area contributed by atoms with Crippen molar-refractivity contribution in [1.82, 2.24) is 10.6 Å². The zero-order chi connectivity index (χ0) is 16.4. The molecule has 2 N–H and O–H groups in total. The molecule has 0 amide bonds. The van der Waals surface area contributed by atoms with Crippen LogP contribution < -0.4 is 10.6 Å². The summed E-state index contributed by atoms with van der Waals surface area (Å²) in [6.07, 6.45) is 0.158. The summed E-state index contributed by atoms with van der Waals surface area (Å²) < 4.78 is 18.2. The molecule has 0 bridgehead atoms. The number of rotatable bonds is 7. The lowest BCUT2D eigenvalue weighted by molar-refractivity contribution is -0.147. The molecule has 1 aromatic rings. The topological polar surface area (TPSA) is 62.7 Å². The van der Waals surface area contributed by atoms with Gasteiger partial charge in [0.1, 0.15) is 5.82 Å². The molecule has 0 heterocycles. The van der Waals surface area contributed by atoms with Crippen LogP contribution in [0.5, 0.6) is 0 Å². The quantitative estimate of drug-likeness (QED) is 0.460. The van der Waals surface area contributed by atoms with Gasteiger partial charge in [-0.15, -0.1) is 0 Å². The van der Waals surface area contributed by atoms with Gasteiger partial charge in [-0.25, -0.2) is 9.38 Å². The van der Waals surface area contributed by atoms with Gasteiger partial charge in [0.15, 0.2) is 5.96 Å². The Hall–Kier alpha value is -2.11. The number of nitrogens with one attached hydrogen (secondary N) is 2. The summed E-state index contributed by atoms with van der Waals surface area (Å²) in [6.45, 7) is 7.08. The van der Waals surface area contributed by atoms with Gasteiger partial charge in [-0.1, -0.05) is 12.1 Å². The summed E-state index contributed by atoms with van der Waals surface area (Å²) in [6, 6.07) is 6.32. The first-order valence-corrected chi connectivity index (χ1v) is 7.47. The molecule has 0 aliphatic heterocycles. The van der Waals surface area contributed by atoms with Crippen molar-refractivity contribution in [3.63, 3.8) is 0 Å². The first-order chi connectivity index (χ1) is 10.5. The normalized spacial score (nSPS) is 11.4. The van der Waals surface area contributed by atoms with Crippen LogP contribution in [-0.2, 0) is 16.1 Å². The van der Waals surface area contributed by atoms with Crippen molar-refractivity contribution in [2.45, 2.75) is 39.8 Å². The zero-order valence-electron chi connectivity index (χ0n) is 13.4.